The zero-order valence-electron chi connectivity index (χ0n) is 9.96. The van der Waals surface area contributed by atoms with Crippen molar-refractivity contribution in [2.24, 2.45) is 5.92 Å². The van der Waals surface area contributed by atoms with Crippen LogP contribution in [0.15, 0.2) is 54.3 Å². The molecule has 3 heteroatoms. The Labute approximate surface area is 101 Å². The van der Waals surface area contributed by atoms with Crippen molar-refractivity contribution in [3.8, 4) is 0 Å². The molecule has 17 heavy (non-hydrogen) atoms. The maximum absolute atomic E-state index is 11.2. The summed E-state index contributed by atoms with van der Waals surface area (Å²) in [5, 5.41) is 11.2. The lowest BCUT2D eigenvalue weighted by Gasteiger charge is -2.33. The minimum Gasteiger partial charge on any atom is -0.259 e. The van der Waals surface area contributed by atoms with Gasteiger partial charge in [-0.05, 0) is 18.4 Å². The van der Waals surface area contributed by atoms with E-state index in [1.54, 1.807) is 12.2 Å². The first-order valence-electron chi connectivity index (χ1n) is 5.65. The molecule has 0 aromatic heterocycles. The molecule has 0 aliphatic heterocycles. The van der Waals surface area contributed by atoms with E-state index in [0.29, 0.717) is 0 Å². The second-order valence-electron chi connectivity index (χ2n) is 4.55. The number of nitro groups is 1. The van der Waals surface area contributed by atoms with Crippen molar-refractivity contribution in [1.29, 1.82) is 0 Å². The van der Waals surface area contributed by atoms with E-state index >= 15 is 0 Å². The van der Waals surface area contributed by atoms with Crippen LogP contribution in [0, 0.1) is 16.0 Å². The predicted molar refractivity (Wildman–Crippen MR) is 67.2 cm³/mol. The molecule has 0 amide bonds. The van der Waals surface area contributed by atoms with Crippen LogP contribution < -0.4 is 0 Å². The van der Waals surface area contributed by atoms with Gasteiger partial charge >= 0.3 is 0 Å². The molecule has 0 saturated heterocycles. The van der Waals surface area contributed by atoms with Gasteiger partial charge in [-0.3, -0.25) is 10.1 Å². The number of rotatable bonds is 2. The van der Waals surface area contributed by atoms with Crippen molar-refractivity contribution in [3.63, 3.8) is 0 Å². The van der Waals surface area contributed by atoms with Crippen molar-refractivity contribution >= 4 is 0 Å². The van der Waals surface area contributed by atoms with Crippen molar-refractivity contribution in [3.05, 3.63) is 69.9 Å². The van der Waals surface area contributed by atoms with Gasteiger partial charge in [0.2, 0.25) is 0 Å². The fraction of sp³-hybridized carbons (Fsp3) is 0.286. The van der Waals surface area contributed by atoms with E-state index < -0.39 is 5.41 Å². The Morgan fingerprint density at radius 2 is 1.94 bits per heavy atom. The lowest BCUT2D eigenvalue weighted by molar-refractivity contribution is -0.437. The standard InChI is InChI=1S/C14H15NO2/c1-11-7-6-10-13(15(16)17)14(11,2)12-8-4-3-5-9-12/h3-11H,1-2H3. The van der Waals surface area contributed by atoms with Gasteiger partial charge in [0, 0.05) is 6.08 Å². The Balaban J connectivity index is 2.57. The highest BCUT2D eigenvalue weighted by Gasteiger charge is 2.44. The molecule has 2 rings (SSSR count). The monoisotopic (exact) mass is 229 g/mol. The SMILES string of the molecule is CC1C=CC=C([N+](=O)[O-])C1(C)c1ccccc1. The highest BCUT2D eigenvalue weighted by Crippen LogP contribution is 2.41. The Bertz CT molecular complexity index is 490. The first-order valence-corrected chi connectivity index (χ1v) is 5.65. The number of allylic oxidation sites excluding steroid dienone is 4. The minimum absolute atomic E-state index is 0.107. The summed E-state index contributed by atoms with van der Waals surface area (Å²) in [6.45, 7) is 3.95. The Kier molecular flexibility index (Phi) is 2.84. The Morgan fingerprint density at radius 3 is 2.53 bits per heavy atom. The topological polar surface area (TPSA) is 43.1 Å². The van der Waals surface area contributed by atoms with E-state index in [0.717, 1.165) is 5.56 Å². The first kappa shape index (κ1) is 11.6. The van der Waals surface area contributed by atoms with E-state index in [-0.39, 0.29) is 16.5 Å². The summed E-state index contributed by atoms with van der Waals surface area (Å²) < 4.78 is 0. The summed E-state index contributed by atoms with van der Waals surface area (Å²) in [4.78, 5) is 10.9. The van der Waals surface area contributed by atoms with E-state index in [4.69, 9.17) is 0 Å². The molecule has 2 unspecified atom stereocenters. The van der Waals surface area contributed by atoms with Gasteiger partial charge in [0.1, 0.15) is 0 Å². The van der Waals surface area contributed by atoms with Crippen LogP contribution in [0.4, 0.5) is 0 Å². The summed E-state index contributed by atoms with van der Waals surface area (Å²) in [5.41, 5.74) is 0.693. The van der Waals surface area contributed by atoms with Gasteiger partial charge in [-0.15, -0.1) is 0 Å². The molecule has 1 aromatic carbocycles. The predicted octanol–water partition coefficient (Wildman–Crippen LogP) is 3.31. The van der Waals surface area contributed by atoms with Crippen LogP contribution >= 0.6 is 0 Å². The zero-order valence-corrected chi connectivity index (χ0v) is 9.96. The van der Waals surface area contributed by atoms with Gasteiger partial charge in [0.15, 0.2) is 0 Å². The van der Waals surface area contributed by atoms with Crippen LogP contribution in [-0.2, 0) is 5.41 Å². The molecular weight excluding hydrogens is 214 g/mol. The van der Waals surface area contributed by atoms with Gasteiger partial charge in [0.05, 0.1) is 10.3 Å². The highest BCUT2D eigenvalue weighted by molar-refractivity contribution is 5.39. The summed E-state index contributed by atoms with van der Waals surface area (Å²) in [6.07, 6.45) is 5.39. The van der Waals surface area contributed by atoms with Crippen molar-refractivity contribution in [2.75, 3.05) is 0 Å². The normalized spacial score (nSPS) is 27.6. The molecule has 0 radical (unpaired) electrons. The number of hydrogen-bond acceptors (Lipinski definition) is 2. The quantitative estimate of drug-likeness (QED) is 0.576. The zero-order chi connectivity index (χ0) is 12.5. The van der Waals surface area contributed by atoms with Crippen LogP contribution in [-0.4, -0.2) is 4.92 Å². The van der Waals surface area contributed by atoms with E-state index in [9.17, 15) is 10.1 Å². The summed E-state index contributed by atoms with van der Waals surface area (Å²) in [7, 11) is 0. The van der Waals surface area contributed by atoms with Gasteiger partial charge in [-0.2, -0.15) is 0 Å². The number of benzene rings is 1. The van der Waals surface area contributed by atoms with Gasteiger partial charge in [0.25, 0.3) is 5.70 Å². The average molecular weight is 229 g/mol. The average Bonchev–Trinajstić information content (AvgIpc) is 2.33. The molecular formula is C14H15NO2. The van der Waals surface area contributed by atoms with E-state index in [1.165, 1.54) is 0 Å². The lowest BCUT2D eigenvalue weighted by atomic mass is 9.68. The molecule has 0 spiro atoms. The summed E-state index contributed by atoms with van der Waals surface area (Å²) in [6, 6.07) is 9.66. The third-order valence-electron chi connectivity index (χ3n) is 3.67. The molecule has 0 saturated carbocycles. The maximum Gasteiger partial charge on any atom is 0.256 e. The maximum atomic E-state index is 11.2. The number of hydrogen-bond donors (Lipinski definition) is 0. The molecule has 0 heterocycles. The van der Waals surface area contributed by atoms with E-state index in [2.05, 4.69) is 0 Å². The van der Waals surface area contributed by atoms with Gasteiger partial charge in [-0.25, -0.2) is 0 Å². The third-order valence-corrected chi connectivity index (χ3v) is 3.67. The molecule has 88 valence electrons. The summed E-state index contributed by atoms with van der Waals surface area (Å²) in [5.74, 6) is 0.107. The van der Waals surface area contributed by atoms with E-state index in [1.807, 2.05) is 50.3 Å². The van der Waals surface area contributed by atoms with Gasteiger partial charge in [-0.1, -0.05) is 49.4 Å². The first-order chi connectivity index (χ1) is 8.06. The Morgan fingerprint density at radius 1 is 1.29 bits per heavy atom. The minimum atomic E-state index is -0.556. The molecule has 0 N–H and O–H groups in total. The van der Waals surface area contributed by atoms with Crippen molar-refractivity contribution < 1.29 is 4.92 Å². The largest absolute Gasteiger partial charge is 0.259 e. The fourth-order valence-electron chi connectivity index (χ4n) is 2.36. The van der Waals surface area contributed by atoms with Crippen LogP contribution in [0.25, 0.3) is 0 Å². The molecule has 1 aromatic rings. The molecule has 0 bridgehead atoms. The molecule has 1 aliphatic carbocycles. The number of nitrogens with zero attached hydrogens (tertiary/aromatic N) is 1. The second-order valence-corrected chi connectivity index (χ2v) is 4.55. The molecule has 1 aliphatic rings. The second kappa shape index (κ2) is 4.17. The fourth-order valence-corrected chi connectivity index (χ4v) is 2.36. The Hall–Kier alpha value is -1.90. The van der Waals surface area contributed by atoms with Crippen LogP contribution in [0.1, 0.15) is 19.4 Å². The lowest BCUT2D eigenvalue weighted by Crippen LogP contribution is -2.36. The third kappa shape index (κ3) is 1.78. The van der Waals surface area contributed by atoms with Gasteiger partial charge < -0.3 is 0 Å². The van der Waals surface area contributed by atoms with Crippen molar-refractivity contribution in [1.82, 2.24) is 0 Å². The van der Waals surface area contributed by atoms with Crippen LogP contribution in [0.3, 0.4) is 0 Å². The summed E-state index contributed by atoms with van der Waals surface area (Å²) >= 11 is 0. The van der Waals surface area contributed by atoms with Crippen molar-refractivity contribution in [2.45, 2.75) is 19.3 Å². The van der Waals surface area contributed by atoms with Crippen LogP contribution in [0.2, 0.25) is 0 Å². The smallest absolute Gasteiger partial charge is 0.256 e. The molecule has 3 nitrogen and oxygen atoms in total. The highest BCUT2D eigenvalue weighted by atomic mass is 16.6. The molecule has 2 atom stereocenters. The molecule has 0 fully saturated rings. The van der Waals surface area contributed by atoms with Crippen LogP contribution in [0.5, 0.6) is 0 Å².